The molecule has 0 aliphatic heterocycles. The summed E-state index contributed by atoms with van der Waals surface area (Å²) in [6, 6.07) is 5.20. The molecule has 5 heteroatoms. The van der Waals surface area contributed by atoms with Gasteiger partial charge in [0.2, 0.25) is 0 Å². The van der Waals surface area contributed by atoms with Gasteiger partial charge in [0.25, 0.3) is 0 Å². The van der Waals surface area contributed by atoms with Crippen LogP contribution in [0.15, 0.2) is 24.3 Å². The number of rotatable bonds is 2. The lowest BCUT2D eigenvalue weighted by atomic mass is 10.1. The van der Waals surface area contributed by atoms with Crippen molar-refractivity contribution in [2.45, 2.75) is 13.3 Å². The average Bonchev–Trinajstić information content (AvgIpc) is 2.28. The molecule has 0 aliphatic carbocycles. The Labute approximate surface area is 102 Å². The number of H-pyrrole nitrogens is 1. The van der Waals surface area contributed by atoms with E-state index < -0.39 is 11.6 Å². The fourth-order valence-corrected chi connectivity index (χ4v) is 1.79. The van der Waals surface area contributed by atoms with E-state index in [0.717, 1.165) is 0 Å². The largest absolute Gasteiger partial charge is 0.343 e. The van der Waals surface area contributed by atoms with Crippen LogP contribution in [0.3, 0.4) is 0 Å². The fraction of sp³-hybridized carbons (Fsp3) is 0.167. The summed E-state index contributed by atoms with van der Waals surface area (Å²) in [5.74, 6) is -0.636. The molecular weight excluding hydrogens is 242 g/mol. The maximum Gasteiger partial charge on any atom is 0.135 e. The van der Waals surface area contributed by atoms with Crippen LogP contribution in [0.1, 0.15) is 12.7 Å². The van der Waals surface area contributed by atoms with Gasteiger partial charge in [-0.2, -0.15) is 0 Å². The molecule has 0 saturated heterocycles. The van der Waals surface area contributed by atoms with Crippen LogP contribution in [0, 0.1) is 16.3 Å². The third-order valence-corrected chi connectivity index (χ3v) is 2.57. The van der Waals surface area contributed by atoms with Crippen LogP contribution >= 0.6 is 12.2 Å². The van der Waals surface area contributed by atoms with Crippen molar-refractivity contribution in [2.75, 3.05) is 0 Å². The molecule has 0 spiro atoms. The number of hydrogen-bond donors (Lipinski definition) is 1. The molecule has 2 rings (SSSR count). The molecule has 1 N–H and O–H groups in total. The minimum Gasteiger partial charge on any atom is -0.343 e. The van der Waals surface area contributed by atoms with Crippen LogP contribution in [0.2, 0.25) is 0 Å². The summed E-state index contributed by atoms with van der Waals surface area (Å²) >= 11 is 4.96. The zero-order valence-electron chi connectivity index (χ0n) is 9.13. The lowest BCUT2D eigenvalue weighted by Crippen LogP contribution is -1.98. The Hall–Kier alpha value is -1.62. The molecule has 0 unspecified atom stereocenters. The second kappa shape index (κ2) is 4.71. The Morgan fingerprint density at radius 1 is 1.29 bits per heavy atom. The Morgan fingerprint density at radius 3 is 2.53 bits per heavy atom. The van der Waals surface area contributed by atoms with Gasteiger partial charge in [0.15, 0.2) is 0 Å². The highest BCUT2D eigenvalue weighted by molar-refractivity contribution is 7.71. The predicted octanol–water partition coefficient (Wildman–Crippen LogP) is 3.65. The first-order valence-corrected chi connectivity index (χ1v) is 5.57. The number of aromatic nitrogens is 2. The summed E-state index contributed by atoms with van der Waals surface area (Å²) in [4.78, 5) is 6.93. The molecule has 17 heavy (non-hydrogen) atoms. The van der Waals surface area contributed by atoms with Crippen LogP contribution in [0.25, 0.3) is 11.3 Å². The predicted molar refractivity (Wildman–Crippen MR) is 64.2 cm³/mol. The zero-order valence-corrected chi connectivity index (χ0v) is 9.94. The first-order valence-electron chi connectivity index (χ1n) is 5.16. The summed E-state index contributed by atoms with van der Waals surface area (Å²) in [7, 11) is 0. The highest BCUT2D eigenvalue weighted by Gasteiger charge is 2.12. The Morgan fingerprint density at radius 2 is 1.94 bits per heavy atom. The number of nitrogens with zero attached hydrogens (tertiary/aromatic N) is 1. The molecule has 0 bridgehead atoms. The van der Waals surface area contributed by atoms with Gasteiger partial charge in [0, 0.05) is 6.42 Å². The molecular formula is C12H10F2N2S. The minimum atomic E-state index is -0.621. The van der Waals surface area contributed by atoms with Crippen molar-refractivity contribution in [3.63, 3.8) is 0 Å². The second-order valence-corrected chi connectivity index (χ2v) is 3.95. The van der Waals surface area contributed by atoms with Crippen molar-refractivity contribution in [2.24, 2.45) is 0 Å². The first-order chi connectivity index (χ1) is 8.11. The minimum absolute atomic E-state index is 0.101. The topological polar surface area (TPSA) is 28.7 Å². The number of hydrogen-bond acceptors (Lipinski definition) is 2. The van der Waals surface area contributed by atoms with Crippen LogP contribution in [0.5, 0.6) is 0 Å². The number of aryl methyl sites for hydroxylation is 1. The third-order valence-electron chi connectivity index (χ3n) is 2.36. The van der Waals surface area contributed by atoms with E-state index in [9.17, 15) is 8.78 Å². The molecule has 0 amide bonds. The highest BCUT2D eigenvalue weighted by Crippen LogP contribution is 2.24. The smallest absolute Gasteiger partial charge is 0.135 e. The molecule has 0 atom stereocenters. The van der Waals surface area contributed by atoms with Crippen molar-refractivity contribution in [1.82, 2.24) is 9.97 Å². The van der Waals surface area contributed by atoms with E-state index in [2.05, 4.69) is 9.97 Å². The summed E-state index contributed by atoms with van der Waals surface area (Å²) in [6.07, 6.45) is 0.619. The van der Waals surface area contributed by atoms with Crippen LogP contribution in [-0.4, -0.2) is 9.97 Å². The monoisotopic (exact) mass is 252 g/mol. The van der Waals surface area contributed by atoms with Gasteiger partial charge in [-0.1, -0.05) is 25.2 Å². The summed E-state index contributed by atoms with van der Waals surface area (Å²) in [6.45, 7) is 1.88. The number of benzene rings is 1. The lowest BCUT2D eigenvalue weighted by Gasteiger charge is -2.06. The Balaban J connectivity index is 2.68. The zero-order chi connectivity index (χ0) is 12.4. The van der Waals surface area contributed by atoms with Crippen LogP contribution < -0.4 is 0 Å². The molecule has 2 aromatic rings. The van der Waals surface area contributed by atoms with E-state index in [1.54, 1.807) is 0 Å². The van der Waals surface area contributed by atoms with Gasteiger partial charge >= 0.3 is 0 Å². The molecule has 0 fully saturated rings. The second-order valence-electron chi connectivity index (χ2n) is 3.53. The lowest BCUT2D eigenvalue weighted by molar-refractivity contribution is 0.588. The molecule has 2 nitrogen and oxygen atoms in total. The van der Waals surface area contributed by atoms with Gasteiger partial charge in [-0.15, -0.1) is 0 Å². The van der Waals surface area contributed by atoms with Crippen LogP contribution in [0.4, 0.5) is 8.78 Å². The van der Waals surface area contributed by atoms with E-state index in [-0.39, 0.29) is 5.56 Å². The van der Waals surface area contributed by atoms with Gasteiger partial charge < -0.3 is 4.98 Å². The summed E-state index contributed by atoms with van der Waals surface area (Å²) < 4.78 is 27.5. The normalized spacial score (nSPS) is 10.5. The van der Waals surface area contributed by atoms with Crippen molar-refractivity contribution in [1.29, 1.82) is 0 Å². The number of aromatic amines is 1. The van der Waals surface area contributed by atoms with Gasteiger partial charge in [-0.3, -0.25) is 0 Å². The maximum atomic E-state index is 13.6. The van der Waals surface area contributed by atoms with Crippen molar-refractivity contribution in [3.8, 4) is 11.3 Å². The van der Waals surface area contributed by atoms with Crippen LogP contribution in [-0.2, 0) is 6.42 Å². The molecule has 88 valence electrons. The summed E-state index contributed by atoms with van der Waals surface area (Å²) in [5.41, 5.74) is 0.216. The third kappa shape index (κ3) is 2.39. The quantitative estimate of drug-likeness (QED) is 0.826. The average molecular weight is 252 g/mol. The first kappa shape index (κ1) is 11.9. The van der Waals surface area contributed by atoms with Crippen molar-refractivity contribution in [3.05, 3.63) is 46.4 Å². The van der Waals surface area contributed by atoms with E-state index >= 15 is 0 Å². The summed E-state index contributed by atoms with van der Waals surface area (Å²) in [5, 5.41) is 0. The van der Waals surface area contributed by atoms with Crippen molar-refractivity contribution < 1.29 is 8.78 Å². The van der Waals surface area contributed by atoms with Gasteiger partial charge in [-0.25, -0.2) is 13.8 Å². The van der Waals surface area contributed by atoms with E-state index in [1.807, 2.05) is 6.92 Å². The highest BCUT2D eigenvalue weighted by atomic mass is 32.1. The Kier molecular flexibility index (Phi) is 3.28. The molecule has 0 aliphatic rings. The number of halogens is 2. The SMILES string of the molecule is CCc1nc(=S)cc(-c2c(F)cccc2F)[nH]1. The molecule has 1 aromatic carbocycles. The van der Waals surface area contributed by atoms with E-state index in [0.29, 0.717) is 22.6 Å². The molecule has 0 saturated carbocycles. The molecule has 0 radical (unpaired) electrons. The fourth-order valence-electron chi connectivity index (χ4n) is 1.57. The molecule has 1 heterocycles. The maximum absolute atomic E-state index is 13.6. The van der Waals surface area contributed by atoms with Gasteiger partial charge in [0.1, 0.15) is 22.1 Å². The van der Waals surface area contributed by atoms with Gasteiger partial charge in [0.05, 0.1) is 11.3 Å². The standard InChI is InChI=1S/C12H10F2N2S/c1-2-10-15-9(6-11(17)16-10)12-7(13)4-3-5-8(12)14/h3-6H,2H2,1H3,(H,15,16,17). The molecule has 1 aromatic heterocycles. The van der Waals surface area contributed by atoms with E-state index in [1.165, 1.54) is 24.3 Å². The number of nitrogens with one attached hydrogen (secondary N) is 1. The van der Waals surface area contributed by atoms with Crippen molar-refractivity contribution >= 4 is 12.2 Å². The van der Waals surface area contributed by atoms with E-state index in [4.69, 9.17) is 12.2 Å². The Bertz CT molecular complexity index is 587. The van der Waals surface area contributed by atoms with Gasteiger partial charge in [-0.05, 0) is 18.2 Å².